The van der Waals surface area contributed by atoms with Gasteiger partial charge in [0.2, 0.25) is 0 Å². The molecule has 0 aliphatic rings. The van der Waals surface area contributed by atoms with Gasteiger partial charge in [0.25, 0.3) is 0 Å². The standard InChI is InChI=1S/C4H2BrClN2/c5-3-1-7-2-8-4(3)6/h1-2H/i1D,2D. The van der Waals surface area contributed by atoms with Crippen LogP contribution < -0.4 is 0 Å². The van der Waals surface area contributed by atoms with Gasteiger partial charge in [-0.05, 0) is 15.9 Å². The average molecular weight is 195 g/mol. The Morgan fingerprint density at radius 2 is 2.62 bits per heavy atom. The Labute approximate surface area is 62.9 Å². The molecule has 42 valence electrons. The largest absolute Gasteiger partial charge is 0.244 e. The van der Waals surface area contributed by atoms with Gasteiger partial charge in [0.15, 0.2) is 0 Å². The lowest BCUT2D eigenvalue weighted by Gasteiger charge is -1.87. The number of rotatable bonds is 0. The Morgan fingerprint density at radius 3 is 3.25 bits per heavy atom. The second-order valence-electron chi connectivity index (χ2n) is 1.04. The lowest BCUT2D eigenvalue weighted by molar-refractivity contribution is 1.15. The van der Waals surface area contributed by atoms with Gasteiger partial charge >= 0.3 is 0 Å². The normalized spacial score (nSPS) is 12.8. The van der Waals surface area contributed by atoms with Crippen LogP contribution in [-0.4, -0.2) is 9.97 Å². The van der Waals surface area contributed by atoms with E-state index in [1.54, 1.807) is 0 Å². The Bertz CT molecular complexity index is 244. The Balaban J connectivity index is 3.31. The first-order valence-corrected chi connectivity index (χ1v) is 2.94. The first kappa shape index (κ1) is 3.80. The van der Waals surface area contributed by atoms with Gasteiger partial charge < -0.3 is 0 Å². The first-order chi connectivity index (χ1) is 4.61. The van der Waals surface area contributed by atoms with E-state index in [4.69, 9.17) is 14.3 Å². The summed E-state index contributed by atoms with van der Waals surface area (Å²) in [4.78, 5) is 6.91. The minimum absolute atomic E-state index is 0.0648. The number of halogens is 2. The van der Waals surface area contributed by atoms with Crippen molar-refractivity contribution >= 4 is 27.5 Å². The second-order valence-corrected chi connectivity index (χ2v) is 2.19. The van der Waals surface area contributed by atoms with Crippen LogP contribution in [0.3, 0.4) is 0 Å². The van der Waals surface area contributed by atoms with E-state index in [0.717, 1.165) is 0 Å². The fourth-order valence-electron chi connectivity index (χ4n) is 0.238. The summed E-state index contributed by atoms with van der Waals surface area (Å²) in [6.07, 6.45) is -0.303. The Kier molecular flexibility index (Phi) is 1.15. The zero-order valence-electron chi connectivity index (χ0n) is 5.65. The number of aromatic nitrogens is 2. The molecule has 0 saturated heterocycles. The van der Waals surface area contributed by atoms with Crippen LogP contribution in [0.1, 0.15) is 2.74 Å². The molecule has 0 aliphatic heterocycles. The van der Waals surface area contributed by atoms with E-state index >= 15 is 0 Å². The molecule has 0 spiro atoms. The summed E-state index contributed by atoms with van der Waals surface area (Å²) in [6.45, 7) is 0. The summed E-state index contributed by atoms with van der Waals surface area (Å²) in [5.41, 5.74) is 0. The molecule has 0 radical (unpaired) electrons. The molecule has 8 heavy (non-hydrogen) atoms. The van der Waals surface area contributed by atoms with Crippen LogP contribution in [0, 0.1) is 0 Å². The van der Waals surface area contributed by atoms with E-state index in [1.165, 1.54) is 0 Å². The van der Waals surface area contributed by atoms with Crippen LogP contribution in [0.2, 0.25) is 5.15 Å². The number of nitrogens with zero attached hydrogens (tertiary/aromatic N) is 2. The van der Waals surface area contributed by atoms with Crippen molar-refractivity contribution in [3.05, 3.63) is 22.1 Å². The van der Waals surface area contributed by atoms with Crippen molar-refractivity contribution < 1.29 is 2.74 Å². The van der Waals surface area contributed by atoms with Gasteiger partial charge in [-0.15, -0.1) is 0 Å². The van der Waals surface area contributed by atoms with Crippen molar-refractivity contribution in [2.45, 2.75) is 0 Å². The molecule has 0 aliphatic carbocycles. The van der Waals surface area contributed by atoms with Crippen molar-refractivity contribution in [1.29, 1.82) is 0 Å². The van der Waals surface area contributed by atoms with Gasteiger partial charge in [-0.3, -0.25) is 0 Å². The Morgan fingerprint density at radius 1 is 1.88 bits per heavy atom. The van der Waals surface area contributed by atoms with Crippen LogP contribution in [0.15, 0.2) is 16.9 Å². The third-order valence-electron chi connectivity index (χ3n) is 0.533. The van der Waals surface area contributed by atoms with Crippen LogP contribution in [0.25, 0.3) is 0 Å². The van der Waals surface area contributed by atoms with Crippen LogP contribution in [-0.2, 0) is 0 Å². The van der Waals surface area contributed by atoms with Gasteiger partial charge in [-0.2, -0.15) is 0 Å². The predicted octanol–water partition coefficient (Wildman–Crippen LogP) is 1.89. The van der Waals surface area contributed by atoms with Gasteiger partial charge in [0.05, 0.1) is 5.84 Å². The smallest absolute Gasteiger partial charge is 0.146 e. The SMILES string of the molecule is [2H]c1nc([2H])c(Br)c(Cl)n1. The van der Waals surface area contributed by atoms with Gasteiger partial charge in [-0.25, -0.2) is 9.97 Å². The number of hydrogen-bond donors (Lipinski definition) is 0. The minimum atomic E-state index is -0.238. The molecule has 0 amide bonds. The molecule has 1 heterocycles. The highest BCUT2D eigenvalue weighted by Gasteiger charge is 1.91. The highest BCUT2D eigenvalue weighted by Crippen LogP contribution is 2.15. The zero-order chi connectivity index (χ0) is 7.72. The second kappa shape index (κ2) is 2.42. The molecular formula is C4H2BrClN2. The monoisotopic (exact) mass is 194 g/mol. The molecule has 0 saturated carbocycles. The summed E-state index contributed by atoms with van der Waals surface area (Å²) in [5, 5.41) is 0.102. The summed E-state index contributed by atoms with van der Waals surface area (Å²) in [7, 11) is 0. The fourth-order valence-corrected chi connectivity index (χ4v) is 0.496. The highest BCUT2D eigenvalue weighted by molar-refractivity contribution is 9.10. The molecular weight excluding hydrogens is 191 g/mol. The van der Waals surface area contributed by atoms with E-state index in [1.807, 2.05) is 0 Å². The van der Waals surface area contributed by atoms with Crippen LogP contribution in [0.4, 0.5) is 0 Å². The Hall–Kier alpha value is -0.150. The maximum atomic E-state index is 7.10. The van der Waals surface area contributed by atoms with E-state index < -0.39 is 0 Å². The maximum Gasteiger partial charge on any atom is 0.146 e. The van der Waals surface area contributed by atoms with Crippen LogP contribution >= 0.6 is 27.5 Å². The molecule has 4 heteroatoms. The van der Waals surface area contributed by atoms with E-state index in [0.29, 0.717) is 4.47 Å². The van der Waals surface area contributed by atoms with E-state index in [-0.39, 0.29) is 17.6 Å². The van der Waals surface area contributed by atoms with E-state index in [9.17, 15) is 0 Å². The van der Waals surface area contributed by atoms with Gasteiger partial charge in [0.1, 0.15) is 12.8 Å². The predicted molar refractivity (Wildman–Crippen MR) is 34.7 cm³/mol. The highest BCUT2D eigenvalue weighted by atomic mass is 79.9. The van der Waals surface area contributed by atoms with Crippen LogP contribution in [0.5, 0.6) is 0 Å². The summed E-state index contributed by atoms with van der Waals surface area (Å²) >= 11 is 8.47. The topological polar surface area (TPSA) is 25.8 Å². The minimum Gasteiger partial charge on any atom is -0.244 e. The molecule has 2 nitrogen and oxygen atoms in total. The maximum absolute atomic E-state index is 7.10. The molecule has 0 atom stereocenters. The van der Waals surface area contributed by atoms with Crippen molar-refractivity contribution in [3.63, 3.8) is 0 Å². The molecule has 0 N–H and O–H groups in total. The lowest BCUT2D eigenvalue weighted by Crippen LogP contribution is -1.76. The van der Waals surface area contributed by atoms with Gasteiger partial charge in [0, 0.05) is 6.17 Å². The summed E-state index contributed by atoms with van der Waals surface area (Å²) in [6, 6.07) is 0. The molecule has 0 bridgehead atoms. The van der Waals surface area contributed by atoms with Crippen molar-refractivity contribution in [2.24, 2.45) is 0 Å². The molecule has 1 aromatic heterocycles. The summed E-state index contributed by atoms with van der Waals surface area (Å²) in [5.74, 6) is 0. The fraction of sp³-hybridized carbons (Fsp3) is 0. The molecule has 0 aromatic carbocycles. The molecule has 1 rings (SSSR count). The van der Waals surface area contributed by atoms with E-state index in [2.05, 4.69) is 25.9 Å². The summed E-state index contributed by atoms with van der Waals surface area (Å²) < 4.78 is 14.3. The third-order valence-corrected chi connectivity index (χ3v) is 1.59. The molecule has 0 unspecified atom stereocenters. The third kappa shape index (κ3) is 1.17. The molecule has 0 fully saturated rings. The van der Waals surface area contributed by atoms with Gasteiger partial charge in [-0.1, -0.05) is 11.6 Å². The number of hydrogen-bond acceptors (Lipinski definition) is 2. The molecule has 1 aromatic rings. The quantitative estimate of drug-likeness (QED) is 0.591. The van der Waals surface area contributed by atoms with Crippen molar-refractivity contribution in [2.75, 3.05) is 0 Å². The lowest BCUT2D eigenvalue weighted by atomic mass is 10.7. The average Bonchev–Trinajstić information content (AvgIpc) is 1.82. The first-order valence-electron chi connectivity index (χ1n) is 2.77. The zero-order valence-corrected chi connectivity index (χ0v) is 5.99. The van der Waals surface area contributed by atoms with Crippen molar-refractivity contribution in [1.82, 2.24) is 9.97 Å². The van der Waals surface area contributed by atoms with Crippen molar-refractivity contribution in [3.8, 4) is 0 Å².